The fraction of sp³-hybridized carbons (Fsp3) is 0.0800. The van der Waals surface area contributed by atoms with Crippen LogP contribution in [0.2, 0.25) is 0 Å². The number of anilines is 1. The van der Waals surface area contributed by atoms with Crippen molar-refractivity contribution in [1.82, 2.24) is 9.97 Å². The molecule has 2 aromatic carbocycles. The fourth-order valence-corrected chi connectivity index (χ4v) is 3.51. The molecule has 0 spiro atoms. The average molecular weight is 441 g/mol. The van der Waals surface area contributed by atoms with Crippen molar-refractivity contribution in [2.75, 3.05) is 19.5 Å². The largest absolute Gasteiger partial charge is 0.493 e. The summed E-state index contributed by atoms with van der Waals surface area (Å²) in [6.45, 7) is 0. The number of amides is 1. The molecule has 0 atom stereocenters. The Kier molecular flexibility index (Phi) is 5.24. The molecule has 0 aliphatic heterocycles. The van der Waals surface area contributed by atoms with Gasteiger partial charge < -0.3 is 23.6 Å². The van der Waals surface area contributed by atoms with Gasteiger partial charge >= 0.3 is 0 Å². The van der Waals surface area contributed by atoms with Crippen LogP contribution in [0.5, 0.6) is 11.5 Å². The first kappa shape index (κ1) is 20.3. The molecule has 5 rings (SSSR count). The van der Waals surface area contributed by atoms with E-state index < -0.39 is 0 Å². The first-order valence-electron chi connectivity index (χ1n) is 10.1. The summed E-state index contributed by atoms with van der Waals surface area (Å²) in [5.41, 5.74) is 5.14. The second kappa shape index (κ2) is 8.51. The lowest BCUT2D eigenvalue weighted by atomic mass is 10.1. The SMILES string of the molecule is COc1ccc(NC(=O)c2ccc3nc(-c4ccoc4)c(-c4ccoc4)nc3c2)cc1OC. The van der Waals surface area contributed by atoms with Crippen LogP contribution in [-0.2, 0) is 0 Å². The van der Waals surface area contributed by atoms with Crippen LogP contribution in [-0.4, -0.2) is 30.1 Å². The van der Waals surface area contributed by atoms with E-state index >= 15 is 0 Å². The predicted molar refractivity (Wildman–Crippen MR) is 122 cm³/mol. The van der Waals surface area contributed by atoms with E-state index in [1.165, 1.54) is 0 Å². The van der Waals surface area contributed by atoms with E-state index in [-0.39, 0.29) is 5.91 Å². The first-order chi connectivity index (χ1) is 16.2. The molecule has 1 amide bonds. The van der Waals surface area contributed by atoms with Gasteiger partial charge in [0.15, 0.2) is 11.5 Å². The standard InChI is InChI=1S/C25H19N3O5/c1-30-21-6-4-18(12-22(21)31-2)26-25(29)15-3-5-19-20(11-15)28-24(17-8-10-33-14-17)23(27-19)16-7-9-32-13-16/h3-14H,1-2H3,(H,26,29). The van der Waals surface area contributed by atoms with Gasteiger partial charge in [0.25, 0.3) is 5.91 Å². The molecule has 0 fully saturated rings. The van der Waals surface area contributed by atoms with Crippen LogP contribution in [0.15, 0.2) is 82.4 Å². The van der Waals surface area contributed by atoms with Crippen molar-refractivity contribution < 1.29 is 23.1 Å². The van der Waals surface area contributed by atoms with E-state index in [4.69, 9.17) is 28.3 Å². The average Bonchev–Trinajstić information content (AvgIpc) is 3.57. The molecule has 1 N–H and O–H groups in total. The van der Waals surface area contributed by atoms with Crippen LogP contribution in [0.4, 0.5) is 5.69 Å². The minimum atomic E-state index is -0.283. The van der Waals surface area contributed by atoms with Crippen LogP contribution in [0.3, 0.4) is 0 Å². The van der Waals surface area contributed by atoms with Crippen molar-refractivity contribution in [1.29, 1.82) is 0 Å². The Labute approximate surface area is 188 Å². The zero-order valence-corrected chi connectivity index (χ0v) is 17.9. The number of rotatable bonds is 6. The molecule has 8 nitrogen and oxygen atoms in total. The number of carbonyl (C=O) groups is 1. The molecule has 0 saturated carbocycles. The Hall–Kier alpha value is -4.59. The highest BCUT2D eigenvalue weighted by Gasteiger charge is 2.17. The van der Waals surface area contributed by atoms with Gasteiger partial charge in [-0.1, -0.05) is 0 Å². The van der Waals surface area contributed by atoms with Crippen molar-refractivity contribution in [2.24, 2.45) is 0 Å². The Morgan fingerprint density at radius 2 is 1.45 bits per heavy atom. The fourth-order valence-electron chi connectivity index (χ4n) is 3.51. The maximum atomic E-state index is 12.9. The van der Waals surface area contributed by atoms with Crippen LogP contribution in [0.25, 0.3) is 33.5 Å². The lowest BCUT2D eigenvalue weighted by molar-refractivity contribution is 0.102. The lowest BCUT2D eigenvalue weighted by Crippen LogP contribution is -2.12. The second-order valence-corrected chi connectivity index (χ2v) is 7.17. The summed E-state index contributed by atoms with van der Waals surface area (Å²) in [6, 6.07) is 14.0. The second-order valence-electron chi connectivity index (χ2n) is 7.17. The Bertz CT molecular complexity index is 1430. The zero-order chi connectivity index (χ0) is 22.8. The summed E-state index contributed by atoms with van der Waals surface area (Å²) in [7, 11) is 3.10. The minimum Gasteiger partial charge on any atom is -0.493 e. The Morgan fingerprint density at radius 1 is 0.788 bits per heavy atom. The van der Waals surface area contributed by atoms with Crippen molar-refractivity contribution >= 4 is 22.6 Å². The molecule has 0 saturated heterocycles. The number of nitrogens with zero attached hydrogens (tertiary/aromatic N) is 2. The highest BCUT2D eigenvalue weighted by Crippen LogP contribution is 2.32. The molecule has 0 unspecified atom stereocenters. The molecule has 3 aromatic heterocycles. The molecular weight excluding hydrogens is 422 g/mol. The van der Waals surface area contributed by atoms with Gasteiger partial charge in [0.2, 0.25) is 0 Å². The highest BCUT2D eigenvalue weighted by atomic mass is 16.5. The molecule has 3 heterocycles. The highest BCUT2D eigenvalue weighted by molar-refractivity contribution is 6.06. The van der Waals surface area contributed by atoms with Crippen LogP contribution < -0.4 is 14.8 Å². The topological polar surface area (TPSA) is 99.6 Å². The molecule has 164 valence electrons. The van der Waals surface area contributed by atoms with E-state index in [0.717, 1.165) is 11.1 Å². The van der Waals surface area contributed by atoms with Crippen LogP contribution in [0, 0.1) is 0 Å². The smallest absolute Gasteiger partial charge is 0.255 e. The molecule has 0 aliphatic carbocycles. The molecule has 33 heavy (non-hydrogen) atoms. The zero-order valence-electron chi connectivity index (χ0n) is 17.9. The van der Waals surface area contributed by atoms with Crippen LogP contribution >= 0.6 is 0 Å². The maximum Gasteiger partial charge on any atom is 0.255 e. The normalized spacial score (nSPS) is 10.8. The number of fused-ring (bicyclic) bond motifs is 1. The molecule has 0 bridgehead atoms. The molecule has 0 radical (unpaired) electrons. The van der Waals surface area contributed by atoms with Gasteiger partial charge in [-0.2, -0.15) is 0 Å². The summed E-state index contributed by atoms with van der Waals surface area (Å²) in [4.78, 5) is 22.5. The van der Waals surface area contributed by atoms with Crippen molar-refractivity contribution in [2.45, 2.75) is 0 Å². The number of nitrogens with one attached hydrogen (secondary N) is 1. The maximum absolute atomic E-state index is 12.9. The van der Waals surface area contributed by atoms with Gasteiger partial charge in [0.05, 0.1) is 50.3 Å². The molecule has 5 aromatic rings. The summed E-state index contributed by atoms with van der Waals surface area (Å²) in [5, 5.41) is 2.87. The summed E-state index contributed by atoms with van der Waals surface area (Å²) in [5.74, 6) is 0.822. The minimum absolute atomic E-state index is 0.283. The van der Waals surface area contributed by atoms with Gasteiger partial charge in [-0.05, 0) is 42.5 Å². The number of carbonyl (C=O) groups excluding carboxylic acids is 1. The lowest BCUT2D eigenvalue weighted by Gasteiger charge is -2.11. The number of benzene rings is 2. The third kappa shape index (κ3) is 3.89. The van der Waals surface area contributed by atoms with Gasteiger partial charge in [-0.3, -0.25) is 4.79 Å². The van der Waals surface area contributed by atoms with Gasteiger partial charge in [-0.15, -0.1) is 0 Å². The van der Waals surface area contributed by atoms with E-state index in [9.17, 15) is 4.79 Å². The Balaban J connectivity index is 1.52. The van der Waals surface area contributed by atoms with E-state index in [2.05, 4.69) is 5.32 Å². The summed E-state index contributed by atoms with van der Waals surface area (Å²) in [6.07, 6.45) is 6.38. The van der Waals surface area contributed by atoms with Crippen molar-refractivity contribution in [3.05, 3.63) is 79.1 Å². The van der Waals surface area contributed by atoms with Gasteiger partial charge in [0.1, 0.15) is 11.4 Å². The number of furan rings is 2. The van der Waals surface area contributed by atoms with Gasteiger partial charge in [-0.25, -0.2) is 9.97 Å². The molecule has 0 aliphatic rings. The summed E-state index contributed by atoms with van der Waals surface area (Å²) < 4.78 is 21.0. The summed E-state index contributed by atoms with van der Waals surface area (Å²) >= 11 is 0. The predicted octanol–water partition coefficient (Wildman–Crippen LogP) is 5.42. The van der Waals surface area contributed by atoms with E-state index in [0.29, 0.717) is 45.2 Å². The Morgan fingerprint density at radius 3 is 2.06 bits per heavy atom. The van der Waals surface area contributed by atoms with Crippen molar-refractivity contribution in [3.8, 4) is 34.0 Å². The first-order valence-corrected chi connectivity index (χ1v) is 10.1. The number of hydrogen-bond acceptors (Lipinski definition) is 7. The van der Waals surface area contributed by atoms with Gasteiger partial charge in [0, 0.05) is 28.4 Å². The monoisotopic (exact) mass is 441 g/mol. The molecular formula is C25H19N3O5. The van der Waals surface area contributed by atoms with E-state index in [1.54, 1.807) is 75.7 Å². The van der Waals surface area contributed by atoms with E-state index in [1.807, 2.05) is 12.1 Å². The third-order valence-electron chi connectivity index (χ3n) is 5.16. The quantitative estimate of drug-likeness (QED) is 0.376. The number of methoxy groups -OCH3 is 2. The van der Waals surface area contributed by atoms with Crippen LogP contribution in [0.1, 0.15) is 10.4 Å². The number of hydrogen-bond donors (Lipinski definition) is 1. The number of ether oxygens (including phenoxy) is 2. The third-order valence-corrected chi connectivity index (χ3v) is 5.16. The van der Waals surface area contributed by atoms with Crippen molar-refractivity contribution in [3.63, 3.8) is 0 Å². The molecule has 8 heteroatoms. The number of aromatic nitrogens is 2.